The van der Waals surface area contributed by atoms with Gasteiger partial charge in [0.1, 0.15) is 6.04 Å². The predicted octanol–water partition coefficient (Wildman–Crippen LogP) is -3.24. The summed E-state index contributed by atoms with van der Waals surface area (Å²) in [5.41, 5.74) is 0. The van der Waals surface area contributed by atoms with E-state index in [0.717, 1.165) is 7.05 Å². The Bertz CT molecular complexity index is 329. The van der Waals surface area contributed by atoms with Crippen LogP contribution in [0.4, 0.5) is 0 Å². The fourth-order valence-corrected chi connectivity index (χ4v) is 0.803. The van der Waals surface area contributed by atoms with Crippen LogP contribution in [0.5, 0.6) is 0 Å². The van der Waals surface area contributed by atoms with E-state index in [2.05, 4.69) is 9.42 Å². The zero-order valence-electron chi connectivity index (χ0n) is 9.90. The summed E-state index contributed by atoms with van der Waals surface area (Å²) in [4.78, 5) is 42.0. The second-order valence-corrected chi connectivity index (χ2v) is 2.64. The largest absolute Gasteiger partial charge is 0.693 e. The maximum absolute atomic E-state index is 11.1. The van der Waals surface area contributed by atoms with Gasteiger partial charge >= 0.3 is 34.2 Å². The van der Waals surface area contributed by atoms with Crippen molar-refractivity contribution in [2.24, 2.45) is 0 Å². The molecule has 123 valence electrons. The minimum atomic E-state index is -2.32. The number of rotatable bonds is 6. The van der Waals surface area contributed by atoms with Crippen LogP contribution in [0.2, 0.25) is 0 Å². The monoisotopic (exact) mass is 494 g/mol. The Kier molecular flexibility index (Phi) is 19.2. The van der Waals surface area contributed by atoms with Gasteiger partial charge in [-0.1, -0.05) is 0 Å². The number of nitrogens with two attached hydrogens (primary N) is 2. The summed E-state index contributed by atoms with van der Waals surface area (Å²) in [5, 5.41) is 32.5. The van der Waals surface area contributed by atoms with E-state index in [0.29, 0.717) is 0 Å². The Balaban J connectivity index is -0.000000304. The van der Waals surface area contributed by atoms with Gasteiger partial charge in [-0.15, -0.1) is 0 Å². The van der Waals surface area contributed by atoms with E-state index >= 15 is 0 Å². The maximum Gasteiger partial charge on any atom is -0.693 e. The molecule has 0 bridgehead atoms. The van der Waals surface area contributed by atoms with Crippen molar-refractivity contribution in [1.29, 1.82) is 0 Å². The molecule has 0 aliphatic carbocycles. The molecule has 0 saturated heterocycles. The summed E-state index contributed by atoms with van der Waals surface area (Å²) < 4.78 is 0. The van der Waals surface area contributed by atoms with Gasteiger partial charge in [0, 0.05) is 0 Å². The third-order valence-corrected chi connectivity index (χ3v) is 1.56. The number of amides is 1. The van der Waals surface area contributed by atoms with Crippen LogP contribution in [-0.2, 0) is 38.0 Å². The first kappa shape index (κ1) is 27.1. The van der Waals surface area contributed by atoms with Crippen LogP contribution in [0.15, 0.2) is 0 Å². The van der Waals surface area contributed by atoms with E-state index in [-0.39, 0.29) is 12.3 Å². The molecule has 0 aromatic rings. The average molecular weight is 495 g/mol. The summed E-state index contributed by atoms with van der Waals surface area (Å²) in [6, 6.07) is -4.16. The summed E-state index contributed by atoms with van der Waals surface area (Å²) in [5.74, 6) is -7.10. The van der Waals surface area contributed by atoms with Gasteiger partial charge in [0.05, 0.1) is 11.9 Å². The van der Waals surface area contributed by atoms with Gasteiger partial charge in [-0.2, -0.15) is 0 Å². The van der Waals surface area contributed by atoms with Gasteiger partial charge in [0.25, 0.3) is 0 Å². The van der Waals surface area contributed by atoms with E-state index in [1.54, 1.807) is 18.8 Å². The predicted molar refractivity (Wildman–Crippen MR) is 58.9 cm³/mol. The molecule has 0 saturated carbocycles. The Hall–Kier alpha value is -1.26. The normalized spacial score (nSPS) is 11.2. The Labute approximate surface area is 129 Å². The number of carboxylic acids is 3. The summed E-state index contributed by atoms with van der Waals surface area (Å²) in [7, 11) is 5.72. The van der Waals surface area contributed by atoms with E-state index in [4.69, 9.17) is 5.11 Å². The third-order valence-electron chi connectivity index (χ3n) is 1.56. The number of likely N-dealkylation sites (N-methyl/N-ethyl adjacent to an activating group) is 1. The molecular weight excluding hydrogens is 483 g/mol. The van der Waals surface area contributed by atoms with Crippen LogP contribution in [0.1, 0.15) is 0 Å². The van der Waals surface area contributed by atoms with Crippen molar-refractivity contribution in [2.45, 2.75) is 12.1 Å². The fourth-order valence-electron chi connectivity index (χ4n) is 0.803. The summed E-state index contributed by atoms with van der Waals surface area (Å²) in [6.45, 7) is 0. The van der Waals surface area contributed by atoms with Crippen molar-refractivity contribution in [3.8, 4) is 0 Å². The first-order valence-electron chi connectivity index (χ1n) is 4.05. The zero-order chi connectivity index (χ0) is 14.9. The van der Waals surface area contributed by atoms with Crippen molar-refractivity contribution in [3.05, 3.63) is 12.3 Å². The van der Waals surface area contributed by atoms with Crippen molar-refractivity contribution in [2.75, 3.05) is 7.05 Å². The molecule has 0 aliphatic rings. The molecule has 0 rings (SSSR count). The van der Waals surface area contributed by atoms with Crippen LogP contribution in [0.25, 0.3) is 12.3 Å². The molecule has 2 unspecified atom stereocenters. The first-order chi connectivity index (χ1) is 8.31. The SMILES string of the molecule is CNC(C(=O)[O-])C(=O)NC(C(=O)[O-])C(=O)O.[Cl][Pt].[NH2-].[NH2-]. The van der Waals surface area contributed by atoms with E-state index < -0.39 is 35.9 Å². The fraction of sp³-hybridized carbons (Fsp3) is 0.429. The van der Waals surface area contributed by atoms with Crippen molar-refractivity contribution in [1.82, 2.24) is 10.6 Å². The van der Waals surface area contributed by atoms with E-state index in [1.807, 2.05) is 5.32 Å². The van der Waals surface area contributed by atoms with Crippen LogP contribution in [0.3, 0.4) is 0 Å². The van der Waals surface area contributed by atoms with Crippen molar-refractivity contribution in [3.63, 3.8) is 0 Å². The minimum Gasteiger partial charge on any atom is -0.693 e. The van der Waals surface area contributed by atoms with Gasteiger partial charge in [0.2, 0.25) is 5.91 Å². The van der Waals surface area contributed by atoms with E-state index in [1.165, 1.54) is 5.32 Å². The number of hydrogen-bond donors (Lipinski definition) is 3. The summed E-state index contributed by atoms with van der Waals surface area (Å²) >= 11 is 1.61. The van der Waals surface area contributed by atoms with Crippen LogP contribution in [0, 0.1) is 0 Å². The number of nitrogens with one attached hydrogen (secondary N) is 2. The molecule has 0 aromatic carbocycles. The second kappa shape index (κ2) is 14.2. The Morgan fingerprint density at radius 2 is 1.40 bits per heavy atom. The quantitative estimate of drug-likeness (QED) is 0.317. The number of carbonyl (C=O) groups excluding carboxylic acids is 3. The molecule has 0 spiro atoms. The number of hydrogen-bond acceptors (Lipinski definition) is 7. The van der Waals surface area contributed by atoms with Crippen molar-refractivity contribution < 1.29 is 53.3 Å². The minimum absolute atomic E-state index is 0. The van der Waals surface area contributed by atoms with Gasteiger partial charge in [-0.3, -0.25) is 4.79 Å². The Morgan fingerprint density at radius 3 is 1.60 bits per heavy atom. The topological polar surface area (TPSA) is 226 Å². The van der Waals surface area contributed by atoms with Crippen LogP contribution < -0.4 is 20.8 Å². The third kappa shape index (κ3) is 9.64. The number of halogens is 1. The second-order valence-electron chi connectivity index (χ2n) is 2.64. The molecular formula is C7H12ClN4O7Pt-4. The standard InChI is InChI=1S/C7H10N2O7.ClH.2H2N.Pt/c1-8-2(5(11)12)4(10)9-3(6(13)14)7(15)16;;;;/h2-3,8H,1H3,(H,9,10)(H,11,12)(H,13,14)(H,15,16);1H;2*1H2;/q;;2*-1;+1/p-3. The molecule has 0 aliphatic heterocycles. The van der Waals surface area contributed by atoms with Gasteiger partial charge in [-0.05, 0) is 7.05 Å². The first-order valence-corrected chi connectivity index (χ1v) is 6.87. The summed E-state index contributed by atoms with van der Waals surface area (Å²) in [6.07, 6.45) is 0. The number of carboxylic acid groups (broad SMARTS) is 3. The average Bonchev–Trinajstić information content (AvgIpc) is 2.28. The molecule has 1 amide bonds. The maximum atomic E-state index is 11.1. The van der Waals surface area contributed by atoms with Gasteiger partial charge in [-0.25, -0.2) is 4.79 Å². The molecule has 0 aromatic heterocycles. The molecule has 0 heterocycles. The molecule has 20 heavy (non-hydrogen) atoms. The molecule has 13 heteroatoms. The number of carbonyl (C=O) groups is 4. The smallest absolute Gasteiger partial charge is 0.693 e. The van der Waals surface area contributed by atoms with Gasteiger partial charge in [0.15, 0.2) is 6.04 Å². The molecule has 0 fully saturated rings. The van der Waals surface area contributed by atoms with Gasteiger partial charge < -0.3 is 47.8 Å². The molecule has 2 atom stereocenters. The Morgan fingerprint density at radius 1 is 1.05 bits per heavy atom. The van der Waals surface area contributed by atoms with Crippen LogP contribution >= 0.6 is 9.42 Å². The van der Waals surface area contributed by atoms with E-state index in [9.17, 15) is 29.4 Å². The van der Waals surface area contributed by atoms with Crippen molar-refractivity contribution >= 4 is 33.2 Å². The molecule has 0 radical (unpaired) electrons. The molecule has 7 N–H and O–H groups in total. The number of aliphatic carboxylic acids is 3. The van der Waals surface area contributed by atoms with Crippen LogP contribution in [-0.4, -0.2) is 48.1 Å². The zero-order valence-corrected chi connectivity index (χ0v) is 12.9. The molecule has 11 nitrogen and oxygen atoms in total.